The van der Waals surface area contributed by atoms with Crippen molar-refractivity contribution in [2.75, 3.05) is 13.2 Å². The van der Waals surface area contributed by atoms with Crippen LogP contribution in [-0.4, -0.2) is 25.2 Å². The SMILES string of the molecule is O=C(Cc1ccc(Br)cc1)NC1COC1. The van der Waals surface area contributed by atoms with E-state index in [2.05, 4.69) is 21.2 Å². The van der Waals surface area contributed by atoms with Crippen molar-refractivity contribution in [3.63, 3.8) is 0 Å². The molecule has 1 aliphatic rings. The molecular weight excluding hydrogens is 258 g/mol. The van der Waals surface area contributed by atoms with Gasteiger partial charge in [-0.25, -0.2) is 0 Å². The van der Waals surface area contributed by atoms with Gasteiger partial charge < -0.3 is 10.1 Å². The van der Waals surface area contributed by atoms with Gasteiger partial charge in [0.2, 0.25) is 5.91 Å². The predicted octanol–water partition coefficient (Wildman–Crippen LogP) is 1.51. The van der Waals surface area contributed by atoms with E-state index >= 15 is 0 Å². The zero-order valence-corrected chi connectivity index (χ0v) is 9.79. The highest BCUT2D eigenvalue weighted by molar-refractivity contribution is 9.10. The minimum atomic E-state index is 0.0608. The summed E-state index contributed by atoms with van der Waals surface area (Å²) in [6.45, 7) is 1.29. The number of ether oxygens (including phenoxy) is 1. The highest BCUT2D eigenvalue weighted by Crippen LogP contribution is 2.11. The quantitative estimate of drug-likeness (QED) is 0.904. The maximum Gasteiger partial charge on any atom is 0.224 e. The van der Waals surface area contributed by atoms with Crippen molar-refractivity contribution in [2.45, 2.75) is 12.5 Å². The predicted molar refractivity (Wildman–Crippen MR) is 60.6 cm³/mol. The summed E-state index contributed by atoms with van der Waals surface area (Å²) in [5.74, 6) is 0.0608. The first-order valence-corrected chi connectivity index (χ1v) is 5.65. The highest BCUT2D eigenvalue weighted by Gasteiger charge is 2.19. The summed E-state index contributed by atoms with van der Waals surface area (Å²) in [7, 11) is 0. The van der Waals surface area contributed by atoms with Crippen molar-refractivity contribution >= 4 is 21.8 Å². The van der Waals surface area contributed by atoms with Crippen LogP contribution in [0.4, 0.5) is 0 Å². The van der Waals surface area contributed by atoms with Crippen molar-refractivity contribution < 1.29 is 9.53 Å². The standard InChI is InChI=1S/C11H12BrNO2/c12-9-3-1-8(2-4-9)5-11(14)13-10-6-15-7-10/h1-4,10H,5-7H2,(H,13,14). The van der Waals surface area contributed by atoms with Crippen LogP contribution in [0.1, 0.15) is 5.56 Å². The Balaban J connectivity index is 1.84. The van der Waals surface area contributed by atoms with Crippen molar-refractivity contribution in [1.82, 2.24) is 5.32 Å². The second-order valence-corrected chi connectivity index (χ2v) is 4.52. The fourth-order valence-corrected chi connectivity index (χ4v) is 1.65. The third kappa shape index (κ3) is 3.04. The first kappa shape index (κ1) is 10.6. The van der Waals surface area contributed by atoms with Crippen LogP contribution in [0.2, 0.25) is 0 Å². The smallest absolute Gasteiger partial charge is 0.224 e. The van der Waals surface area contributed by atoms with Crippen LogP contribution in [0, 0.1) is 0 Å². The number of hydrogen-bond acceptors (Lipinski definition) is 2. The van der Waals surface area contributed by atoms with Crippen molar-refractivity contribution in [3.8, 4) is 0 Å². The van der Waals surface area contributed by atoms with Gasteiger partial charge in [0.15, 0.2) is 0 Å². The Morgan fingerprint density at radius 1 is 1.40 bits per heavy atom. The van der Waals surface area contributed by atoms with Crippen LogP contribution in [-0.2, 0) is 16.0 Å². The minimum absolute atomic E-state index is 0.0608. The number of nitrogens with one attached hydrogen (secondary N) is 1. The summed E-state index contributed by atoms with van der Waals surface area (Å²) in [5.41, 5.74) is 1.02. The molecule has 80 valence electrons. The second kappa shape index (κ2) is 4.77. The molecule has 0 unspecified atom stereocenters. The number of carbonyl (C=O) groups is 1. The summed E-state index contributed by atoms with van der Waals surface area (Å²) in [5, 5.41) is 2.90. The molecular formula is C11H12BrNO2. The molecule has 0 radical (unpaired) electrons. The average Bonchev–Trinajstić information content (AvgIpc) is 2.16. The number of rotatable bonds is 3. The van der Waals surface area contributed by atoms with Crippen LogP contribution >= 0.6 is 15.9 Å². The van der Waals surface area contributed by atoms with Gasteiger partial charge in [-0.1, -0.05) is 28.1 Å². The van der Waals surface area contributed by atoms with Gasteiger partial charge in [0, 0.05) is 4.47 Å². The zero-order chi connectivity index (χ0) is 10.7. The zero-order valence-electron chi connectivity index (χ0n) is 8.20. The highest BCUT2D eigenvalue weighted by atomic mass is 79.9. The molecule has 0 aliphatic carbocycles. The monoisotopic (exact) mass is 269 g/mol. The van der Waals surface area contributed by atoms with Gasteiger partial charge in [0.25, 0.3) is 0 Å². The molecule has 1 saturated heterocycles. The van der Waals surface area contributed by atoms with E-state index in [9.17, 15) is 4.79 Å². The molecule has 1 N–H and O–H groups in total. The van der Waals surface area contributed by atoms with E-state index in [1.54, 1.807) is 0 Å². The van der Waals surface area contributed by atoms with Gasteiger partial charge in [0.1, 0.15) is 0 Å². The van der Waals surface area contributed by atoms with Crippen LogP contribution in [0.3, 0.4) is 0 Å². The number of hydrogen-bond donors (Lipinski definition) is 1. The Morgan fingerprint density at radius 3 is 2.60 bits per heavy atom. The summed E-state index contributed by atoms with van der Waals surface area (Å²) in [6.07, 6.45) is 0.434. The third-order valence-electron chi connectivity index (χ3n) is 2.28. The van der Waals surface area contributed by atoms with E-state index in [1.165, 1.54) is 0 Å². The summed E-state index contributed by atoms with van der Waals surface area (Å²) >= 11 is 3.36. The molecule has 1 fully saturated rings. The lowest BCUT2D eigenvalue weighted by molar-refractivity contribution is -0.124. The molecule has 15 heavy (non-hydrogen) atoms. The molecule has 0 saturated carbocycles. The Morgan fingerprint density at radius 2 is 2.07 bits per heavy atom. The van der Waals surface area contributed by atoms with Crippen LogP contribution < -0.4 is 5.32 Å². The molecule has 1 aromatic carbocycles. The van der Waals surface area contributed by atoms with Gasteiger partial charge in [-0.15, -0.1) is 0 Å². The lowest BCUT2D eigenvalue weighted by Crippen LogP contribution is -2.49. The van der Waals surface area contributed by atoms with Crippen molar-refractivity contribution in [1.29, 1.82) is 0 Å². The Labute approximate surface area is 96.9 Å². The van der Waals surface area contributed by atoms with Crippen LogP contribution in [0.25, 0.3) is 0 Å². The number of carbonyl (C=O) groups excluding carboxylic acids is 1. The van der Waals surface area contributed by atoms with E-state index in [4.69, 9.17) is 4.74 Å². The topological polar surface area (TPSA) is 38.3 Å². The molecule has 1 amide bonds. The maximum absolute atomic E-state index is 11.5. The molecule has 4 heteroatoms. The summed E-state index contributed by atoms with van der Waals surface area (Å²) < 4.78 is 6.01. The normalized spacial score (nSPS) is 15.8. The molecule has 0 bridgehead atoms. The minimum Gasteiger partial charge on any atom is -0.377 e. The number of benzene rings is 1. The van der Waals surface area contributed by atoms with E-state index in [1.807, 2.05) is 24.3 Å². The van der Waals surface area contributed by atoms with E-state index in [-0.39, 0.29) is 11.9 Å². The number of halogens is 1. The molecule has 0 spiro atoms. The molecule has 2 rings (SSSR count). The maximum atomic E-state index is 11.5. The molecule has 0 atom stereocenters. The van der Waals surface area contributed by atoms with Gasteiger partial charge in [-0.05, 0) is 17.7 Å². The van der Waals surface area contributed by atoms with Crippen molar-refractivity contribution in [3.05, 3.63) is 34.3 Å². The number of amides is 1. The first-order chi connectivity index (χ1) is 7.24. The Bertz CT molecular complexity index is 346. The molecule has 1 aliphatic heterocycles. The van der Waals surface area contributed by atoms with Gasteiger partial charge in [-0.2, -0.15) is 0 Å². The Hall–Kier alpha value is -0.870. The molecule has 1 heterocycles. The second-order valence-electron chi connectivity index (χ2n) is 3.61. The lowest BCUT2D eigenvalue weighted by Gasteiger charge is -2.26. The van der Waals surface area contributed by atoms with Crippen LogP contribution in [0.15, 0.2) is 28.7 Å². The molecule has 0 aromatic heterocycles. The van der Waals surface area contributed by atoms with Gasteiger partial charge >= 0.3 is 0 Å². The third-order valence-corrected chi connectivity index (χ3v) is 2.81. The van der Waals surface area contributed by atoms with E-state index in [0.717, 1.165) is 10.0 Å². The van der Waals surface area contributed by atoms with Gasteiger partial charge in [-0.3, -0.25) is 4.79 Å². The fourth-order valence-electron chi connectivity index (χ4n) is 1.39. The van der Waals surface area contributed by atoms with E-state index < -0.39 is 0 Å². The summed E-state index contributed by atoms with van der Waals surface area (Å²) in [6, 6.07) is 7.99. The Kier molecular flexibility index (Phi) is 3.38. The average molecular weight is 270 g/mol. The lowest BCUT2D eigenvalue weighted by atomic mass is 10.1. The summed E-state index contributed by atoms with van der Waals surface area (Å²) in [4.78, 5) is 11.5. The fraction of sp³-hybridized carbons (Fsp3) is 0.364. The molecule has 3 nitrogen and oxygen atoms in total. The van der Waals surface area contributed by atoms with Gasteiger partial charge in [0.05, 0.1) is 25.7 Å². The molecule has 1 aromatic rings. The largest absolute Gasteiger partial charge is 0.377 e. The van der Waals surface area contributed by atoms with Crippen molar-refractivity contribution in [2.24, 2.45) is 0 Å². The first-order valence-electron chi connectivity index (χ1n) is 4.85. The van der Waals surface area contributed by atoms with E-state index in [0.29, 0.717) is 19.6 Å². The van der Waals surface area contributed by atoms with Crippen LogP contribution in [0.5, 0.6) is 0 Å².